The molecule has 0 radical (unpaired) electrons. The maximum absolute atomic E-state index is 11.0. The molecule has 0 aliphatic heterocycles. The lowest BCUT2D eigenvalue weighted by Crippen LogP contribution is -2.17. The number of nitrogens with one attached hydrogen (secondary N) is 1. The van der Waals surface area contributed by atoms with E-state index in [1.807, 2.05) is 6.26 Å². The summed E-state index contributed by atoms with van der Waals surface area (Å²) in [5.41, 5.74) is 0. The van der Waals surface area contributed by atoms with Gasteiger partial charge in [-0.05, 0) is 13.2 Å². The van der Waals surface area contributed by atoms with Crippen LogP contribution in [0.2, 0.25) is 0 Å². The number of carbonyl (C=O) groups is 1. The zero-order valence-corrected chi connectivity index (χ0v) is 9.50. The van der Waals surface area contributed by atoms with E-state index in [1.54, 1.807) is 13.0 Å². The molecule has 1 heterocycles. The summed E-state index contributed by atoms with van der Waals surface area (Å²) < 4.78 is 4.77. The molecule has 0 bridgehead atoms. The first-order valence-electron chi connectivity index (χ1n) is 4.51. The number of carbonyl (C=O) groups excluding carboxylic acids is 1. The van der Waals surface area contributed by atoms with Gasteiger partial charge in [-0.25, -0.2) is 9.97 Å². The average Bonchev–Trinajstić information content (AvgIpc) is 2.27. The van der Waals surface area contributed by atoms with Crippen molar-refractivity contribution < 1.29 is 9.53 Å². The van der Waals surface area contributed by atoms with E-state index < -0.39 is 0 Å². The molecule has 82 valence electrons. The van der Waals surface area contributed by atoms with E-state index in [2.05, 4.69) is 15.3 Å². The molecule has 1 aromatic rings. The minimum Gasteiger partial charge on any atom is -0.465 e. The van der Waals surface area contributed by atoms with Gasteiger partial charge < -0.3 is 10.1 Å². The van der Waals surface area contributed by atoms with Gasteiger partial charge in [0.05, 0.1) is 6.61 Å². The fourth-order valence-electron chi connectivity index (χ4n) is 0.923. The van der Waals surface area contributed by atoms with Crippen molar-refractivity contribution in [3.05, 3.63) is 12.4 Å². The highest BCUT2D eigenvalue weighted by atomic mass is 32.2. The SMILES string of the molecule is CCOC(=O)CNc1cc(SC)ncn1. The molecular weight excluding hydrogens is 214 g/mol. The molecular formula is C9H13N3O2S. The number of ether oxygens (including phenoxy) is 1. The monoisotopic (exact) mass is 227 g/mol. The maximum atomic E-state index is 11.0. The van der Waals surface area contributed by atoms with Gasteiger partial charge in [0.1, 0.15) is 23.7 Å². The number of thioether (sulfide) groups is 1. The van der Waals surface area contributed by atoms with Crippen LogP contribution in [0.15, 0.2) is 17.4 Å². The molecule has 0 amide bonds. The van der Waals surface area contributed by atoms with Crippen molar-refractivity contribution in [1.29, 1.82) is 0 Å². The molecule has 0 saturated heterocycles. The smallest absolute Gasteiger partial charge is 0.325 e. The molecule has 0 aliphatic rings. The van der Waals surface area contributed by atoms with E-state index >= 15 is 0 Å². The number of anilines is 1. The zero-order chi connectivity index (χ0) is 11.1. The van der Waals surface area contributed by atoms with Gasteiger partial charge in [-0.15, -0.1) is 11.8 Å². The Morgan fingerprint density at radius 1 is 1.60 bits per heavy atom. The summed E-state index contributed by atoms with van der Waals surface area (Å²) in [6, 6.07) is 1.78. The Kier molecular flexibility index (Phi) is 4.89. The number of esters is 1. The van der Waals surface area contributed by atoms with Crippen molar-refractivity contribution in [1.82, 2.24) is 9.97 Å². The highest BCUT2D eigenvalue weighted by Gasteiger charge is 2.02. The van der Waals surface area contributed by atoms with E-state index in [1.165, 1.54) is 18.1 Å². The number of hydrogen-bond acceptors (Lipinski definition) is 6. The zero-order valence-electron chi connectivity index (χ0n) is 8.69. The van der Waals surface area contributed by atoms with Crippen LogP contribution >= 0.6 is 11.8 Å². The topological polar surface area (TPSA) is 64.1 Å². The quantitative estimate of drug-likeness (QED) is 0.463. The van der Waals surface area contributed by atoms with Crippen molar-refractivity contribution in [3.8, 4) is 0 Å². The Morgan fingerprint density at radius 2 is 2.40 bits per heavy atom. The largest absolute Gasteiger partial charge is 0.465 e. The second-order valence-electron chi connectivity index (χ2n) is 2.60. The normalized spacial score (nSPS) is 9.73. The Bertz CT molecular complexity index is 333. The first-order chi connectivity index (χ1) is 7.26. The number of nitrogens with zero attached hydrogens (tertiary/aromatic N) is 2. The maximum Gasteiger partial charge on any atom is 0.325 e. The molecule has 0 fully saturated rings. The van der Waals surface area contributed by atoms with Crippen LogP contribution in [0.3, 0.4) is 0 Å². The average molecular weight is 227 g/mol. The van der Waals surface area contributed by atoms with Gasteiger partial charge >= 0.3 is 5.97 Å². The lowest BCUT2D eigenvalue weighted by Gasteiger charge is -2.05. The van der Waals surface area contributed by atoms with Crippen LogP contribution in [0.25, 0.3) is 0 Å². The molecule has 0 atom stereocenters. The summed E-state index contributed by atoms with van der Waals surface area (Å²) in [5, 5.41) is 3.72. The lowest BCUT2D eigenvalue weighted by molar-refractivity contribution is -0.140. The molecule has 1 aromatic heterocycles. The van der Waals surface area contributed by atoms with E-state index in [4.69, 9.17) is 4.74 Å². The summed E-state index contributed by atoms with van der Waals surface area (Å²) in [6.07, 6.45) is 3.39. The van der Waals surface area contributed by atoms with E-state index in [-0.39, 0.29) is 12.5 Å². The Morgan fingerprint density at radius 3 is 3.07 bits per heavy atom. The number of rotatable bonds is 5. The van der Waals surface area contributed by atoms with E-state index in [9.17, 15) is 4.79 Å². The standard InChI is InChI=1S/C9H13N3O2S/c1-3-14-9(13)5-10-7-4-8(15-2)12-6-11-7/h4,6H,3,5H2,1-2H3,(H,10,11,12). The number of hydrogen-bond donors (Lipinski definition) is 1. The Hall–Kier alpha value is -1.30. The number of aromatic nitrogens is 2. The first-order valence-corrected chi connectivity index (χ1v) is 5.74. The van der Waals surface area contributed by atoms with Gasteiger partial charge in [0.15, 0.2) is 0 Å². The molecule has 0 unspecified atom stereocenters. The van der Waals surface area contributed by atoms with Crippen LogP contribution < -0.4 is 5.32 Å². The second-order valence-corrected chi connectivity index (χ2v) is 3.43. The summed E-state index contributed by atoms with van der Waals surface area (Å²) in [7, 11) is 0. The lowest BCUT2D eigenvalue weighted by atomic mass is 10.5. The molecule has 0 aromatic carbocycles. The summed E-state index contributed by atoms with van der Waals surface area (Å²) in [6.45, 7) is 2.29. The molecule has 5 nitrogen and oxygen atoms in total. The van der Waals surface area contributed by atoms with Gasteiger partial charge in [0.2, 0.25) is 0 Å². The van der Waals surface area contributed by atoms with Crippen LogP contribution in [0.1, 0.15) is 6.92 Å². The molecule has 15 heavy (non-hydrogen) atoms. The minimum absolute atomic E-state index is 0.124. The predicted molar refractivity (Wildman–Crippen MR) is 58.9 cm³/mol. The van der Waals surface area contributed by atoms with Gasteiger partial charge in [0.25, 0.3) is 0 Å². The van der Waals surface area contributed by atoms with Crippen LogP contribution in [0, 0.1) is 0 Å². The highest BCUT2D eigenvalue weighted by molar-refractivity contribution is 7.98. The van der Waals surface area contributed by atoms with E-state index in [0.717, 1.165) is 5.03 Å². The fourth-order valence-corrected chi connectivity index (χ4v) is 1.30. The summed E-state index contributed by atoms with van der Waals surface area (Å²) in [5.74, 6) is 0.337. The van der Waals surface area contributed by atoms with Crippen molar-refractivity contribution in [2.24, 2.45) is 0 Å². The van der Waals surface area contributed by atoms with E-state index in [0.29, 0.717) is 12.4 Å². The molecule has 0 spiro atoms. The summed E-state index contributed by atoms with van der Waals surface area (Å²) in [4.78, 5) is 19.0. The first kappa shape index (κ1) is 11.8. The van der Waals surface area contributed by atoms with Gasteiger partial charge in [0, 0.05) is 6.07 Å². The van der Waals surface area contributed by atoms with Crippen LogP contribution in [0.5, 0.6) is 0 Å². The minimum atomic E-state index is -0.290. The third-order valence-corrected chi connectivity index (χ3v) is 2.21. The molecule has 1 rings (SSSR count). The van der Waals surface area contributed by atoms with Crippen LogP contribution in [0.4, 0.5) is 5.82 Å². The van der Waals surface area contributed by atoms with Crippen molar-refractivity contribution in [2.45, 2.75) is 11.9 Å². The predicted octanol–water partition coefficient (Wildman–Crippen LogP) is 1.17. The molecule has 0 aliphatic carbocycles. The summed E-state index contributed by atoms with van der Waals surface area (Å²) >= 11 is 1.52. The molecule has 6 heteroatoms. The molecule has 0 saturated carbocycles. The van der Waals surface area contributed by atoms with Gasteiger partial charge in [-0.2, -0.15) is 0 Å². The highest BCUT2D eigenvalue weighted by Crippen LogP contribution is 2.13. The van der Waals surface area contributed by atoms with Crippen LogP contribution in [-0.4, -0.2) is 35.3 Å². The van der Waals surface area contributed by atoms with Crippen molar-refractivity contribution in [3.63, 3.8) is 0 Å². The second kappa shape index (κ2) is 6.23. The third-order valence-electron chi connectivity index (χ3n) is 1.57. The molecule has 1 N–H and O–H groups in total. The van der Waals surface area contributed by atoms with Gasteiger partial charge in [-0.3, -0.25) is 4.79 Å². The third kappa shape index (κ3) is 4.16. The van der Waals surface area contributed by atoms with Crippen LogP contribution in [-0.2, 0) is 9.53 Å². The Labute approximate surface area is 92.6 Å². The van der Waals surface area contributed by atoms with Gasteiger partial charge in [-0.1, -0.05) is 0 Å². The van der Waals surface area contributed by atoms with Crippen molar-refractivity contribution in [2.75, 3.05) is 24.7 Å². The fraction of sp³-hybridized carbons (Fsp3) is 0.444. The Balaban J connectivity index is 2.46. The van der Waals surface area contributed by atoms with Crippen molar-refractivity contribution >= 4 is 23.5 Å².